The maximum atomic E-state index is 12.0. The van der Waals surface area contributed by atoms with Gasteiger partial charge >= 0.3 is 5.97 Å². The van der Waals surface area contributed by atoms with Gasteiger partial charge in [-0.05, 0) is 24.1 Å². The van der Waals surface area contributed by atoms with E-state index in [0.717, 1.165) is 6.54 Å². The molecule has 0 bridgehead atoms. The molecule has 1 aromatic carbocycles. The smallest absolute Gasteiger partial charge is 0.335 e. The van der Waals surface area contributed by atoms with Crippen LogP contribution < -0.4 is 10.1 Å². The molecule has 0 aliphatic carbocycles. The Balaban J connectivity index is 1.93. The lowest BCUT2D eigenvalue weighted by Crippen LogP contribution is -2.58. The summed E-state index contributed by atoms with van der Waals surface area (Å²) in [5.41, 5.74) is 0.120. The fraction of sp³-hybridized carbons (Fsp3) is 0.500. The second-order valence-electron chi connectivity index (χ2n) is 5.81. The van der Waals surface area contributed by atoms with Crippen molar-refractivity contribution >= 4 is 23.5 Å². The molecule has 2 N–H and O–H groups in total. The number of carboxylic acid groups (broad SMARTS) is 1. The summed E-state index contributed by atoms with van der Waals surface area (Å²) in [4.78, 5) is 24.9. The highest BCUT2D eigenvalue weighted by Crippen LogP contribution is 2.25. The number of nitrogens with one attached hydrogen (secondary N) is 1. The molecule has 1 saturated heterocycles. The van der Waals surface area contributed by atoms with Gasteiger partial charge < -0.3 is 15.2 Å². The Bertz CT molecular complexity index is 591. The maximum Gasteiger partial charge on any atom is 0.335 e. The topological polar surface area (TPSA) is 78.9 Å². The number of amides is 1. The lowest BCUT2D eigenvalue weighted by Gasteiger charge is -2.37. The number of carbonyl (C=O) groups excluding carboxylic acids is 1. The van der Waals surface area contributed by atoms with Crippen molar-refractivity contribution in [2.75, 3.05) is 26.2 Å². The third kappa shape index (κ3) is 4.36. The van der Waals surface area contributed by atoms with E-state index in [0.29, 0.717) is 25.4 Å². The van der Waals surface area contributed by atoms with E-state index in [2.05, 4.69) is 10.2 Å². The summed E-state index contributed by atoms with van der Waals surface area (Å²) in [6.07, 6.45) is 0. The van der Waals surface area contributed by atoms with Crippen LogP contribution in [0.5, 0.6) is 5.75 Å². The standard InChI is InChI=1S/C16H21ClN2O4/c1-10(2)14-15(20)18-5-6-19(14)7-8-23-13-4-3-11(16(21)22)9-12(13)17/h3-4,9-10,14H,5-8H2,1-2H3,(H,18,20)(H,21,22)/t14-/m0/s1. The summed E-state index contributed by atoms with van der Waals surface area (Å²) in [6, 6.07) is 4.21. The minimum atomic E-state index is -1.03. The summed E-state index contributed by atoms with van der Waals surface area (Å²) in [7, 11) is 0. The van der Waals surface area contributed by atoms with Crippen LogP contribution in [0.1, 0.15) is 24.2 Å². The molecule has 126 valence electrons. The molecule has 1 heterocycles. The van der Waals surface area contributed by atoms with Crippen molar-refractivity contribution in [1.29, 1.82) is 0 Å². The van der Waals surface area contributed by atoms with Crippen molar-refractivity contribution in [3.05, 3.63) is 28.8 Å². The molecule has 1 aliphatic rings. The van der Waals surface area contributed by atoms with E-state index in [4.69, 9.17) is 21.4 Å². The van der Waals surface area contributed by atoms with E-state index >= 15 is 0 Å². The van der Waals surface area contributed by atoms with Gasteiger partial charge in [0.2, 0.25) is 5.91 Å². The van der Waals surface area contributed by atoms with Gasteiger partial charge in [0.15, 0.2) is 0 Å². The number of benzene rings is 1. The second-order valence-corrected chi connectivity index (χ2v) is 6.22. The number of rotatable bonds is 6. The third-order valence-electron chi connectivity index (χ3n) is 3.81. The summed E-state index contributed by atoms with van der Waals surface area (Å²) in [5, 5.41) is 12.1. The van der Waals surface area contributed by atoms with E-state index in [1.807, 2.05) is 13.8 Å². The van der Waals surface area contributed by atoms with Gasteiger partial charge in [-0.1, -0.05) is 25.4 Å². The molecule has 1 aromatic rings. The number of piperazine rings is 1. The van der Waals surface area contributed by atoms with E-state index in [1.165, 1.54) is 12.1 Å². The summed E-state index contributed by atoms with van der Waals surface area (Å²) >= 11 is 6.03. The number of halogens is 1. The number of nitrogens with zero attached hydrogens (tertiary/aromatic N) is 1. The molecule has 1 fully saturated rings. The van der Waals surface area contributed by atoms with E-state index < -0.39 is 5.97 Å². The molecule has 6 nitrogen and oxygen atoms in total. The fourth-order valence-electron chi connectivity index (χ4n) is 2.73. The number of hydrogen-bond donors (Lipinski definition) is 2. The van der Waals surface area contributed by atoms with Gasteiger partial charge in [0.1, 0.15) is 12.4 Å². The van der Waals surface area contributed by atoms with Gasteiger partial charge in [0.05, 0.1) is 16.6 Å². The first-order chi connectivity index (χ1) is 10.9. The van der Waals surface area contributed by atoms with Crippen LogP contribution in [0.25, 0.3) is 0 Å². The number of carbonyl (C=O) groups is 2. The number of ether oxygens (including phenoxy) is 1. The number of aromatic carboxylic acids is 1. The van der Waals surface area contributed by atoms with Gasteiger partial charge in [-0.2, -0.15) is 0 Å². The average molecular weight is 341 g/mol. The third-order valence-corrected chi connectivity index (χ3v) is 4.10. The Morgan fingerprint density at radius 2 is 2.26 bits per heavy atom. The molecule has 0 radical (unpaired) electrons. The van der Waals surface area contributed by atoms with Crippen molar-refractivity contribution in [2.24, 2.45) is 5.92 Å². The Kier molecular flexibility index (Phi) is 5.85. The van der Waals surface area contributed by atoms with Crippen LogP contribution >= 0.6 is 11.6 Å². The molecule has 0 spiro atoms. The minimum Gasteiger partial charge on any atom is -0.491 e. The van der Waals surface area contributed by atoms with Gasteiger partial charge in [-0.15, -0.1) is 0 Å². The van der Waals surface area contributed by atoms with Crippen LogP contribution in [0.15, 0.2) is 18.2 Å². The fourth-order valence-corrected chi connectivity index (χ4v) is 2.97. The Morgan fingerprint density at radius 3 is 2.87 bits per heavy atom. The monoisotopic (exact) mass is 340 g/mol. The van der Waals surface area contributed by atoms with Gasteiger partial charge in [-0.3, -0.25) is 9.69 Å². The highest BCUT2D eigenvalue weighted by molar-refractivity contribution is 6.32. The Morgan fingerprint density at radius 1 is 1.52 bits per heavy atom. The lowest BCUT2D eigenvalue weighted by atomic mass is 10.00. The zero-order chi connectivity index (χ0) is 17.0. The molecule has 2 rings (SSSR count). The number of hydrogen-bond acceptors (Lipinski definition) is 4. The zero-order valence-corrected chi connectivity index (χ0v) is 14.0. The Labute approximate surface area is 140 Å². The van der Waals surface area contributed by atoms with Crippen LogP contribution in [0.2, 0.25) is 5.02 Å². The summed E-state index contributed by atoms with van der Waals surface area (Å²) in [5.74, 6) is -0.319. The molecule has 1 amide bonds. The van der Waals surface area contributed by atoms with E-state index in [9.17, 15) is 9.59 Å². The molecule has 23 heavy (non-hydrogen) atoms. The van der Waals surface area contributed by atoms with Gasteiger partial charge in [0.25, 0.3) is 0 Å². The first-order valence-electron chi connectivity index (χ1n) is 7.57. The normalized spacial score (nSPS) is 18.8. The van der Waals surface area contributed by atoms with Gasteiger partial charge in [-0.25, -0.2) is 4.79 Å². The van der Waals surface area contributed by atoms with Crippen molar-refractivity contribution in [2.45, 2.75) is 19.9 Å². The zero-order valence-electron chi connectivity index (χ0n) is 13.2. The van der Waals surface area contributed by atoms with E-state index in [-0.39, 0.29) is 28.5 Å². The molecule has 0 saturated carbocycles. The molecule has 1 atom stereocenters. The van der Waals surface area contributed by atoms with Crippen molar-refractivity contribution in [1.82, 2.24) is 10.2 Å². The van der Waals surface area contributed by atoms with Crippen molar-refractivity contribution < 1.29 is 19.4 Å². The van der Waals surface area contributed by atoms with Gasteiger partial charge in [0, 0.05) is 19.6 Å². The molecular formula is C16H21ClN2O4. The quantitative estimate of drug-likeness (QED) is 0.826. The Hall–Kier alpha value is -1.79. The molecule has 1 aliphatic heterocycles. The number of carboxylic acids is 1. The second kappa shape index (κ2) is 7.66. The van der Waals surface area contributed by atoms with Crippen molar-refractivity contribution in [3.63, 3.8) is 0 Å². The summed E-state index contributed by atoms with van der Waals surface area (Å²) < 4.78 is 5.64. The summed E-state index contributed by atoms with van der Waals surface area (Å²) in [6.45, 7) is 6.44. The molecule has 0 aromatic heterocycles. The lowest BCUT2D eigenvalue weighted by molar-refractivity contribution is -0.130. The first-order valence-corrected chi connectivity index (χ1v) is 7.95. The average Bonchev–Trinajstić information content (AvgIpc) is 2.48. The van der Waals surface area contributed by atoms with Crippen LogP contribution in [0.4, 0.5) is 0 Å². The SMILES string of the molecule is CC(C)[C@H]1C(=O)NCCN1CCOc1ccc(C(=O)O)cc1Cl. The van der Waals surface area contributed by atoms with Crippen LogP contribution in [0, 0.1) is 5.92 Å². The maximum absolute atomic E-state index is 12.0. The predicted octanol–water partition coefficient (Wildman–Crippen LogP) is 1.87. The van der Waals surface area contributed by atoms with Crippen LogP contribution in [-0.2, 0) is 4.79 Å². The van der Waals surface area contributed by atoms with E-state index in [1.54, 1.807) is 6.07 Å². The van der Waals surface area contributed by atoms with Crippen LogP contribution in [-0.4, -0.2) is 54.2 Å². The minimum absolute atomic E-state index is 0.0510. The molecule has 0 unspecified atom stereocenters. The predicted molar refractivity (Wildman–Crippen MR) is 87.1 cm³/mol. The van der Waals surface area contributed by atoms with Crippen LogP contribution in [0.3, 0.4) is 0 Å². The largest absolute Gasteiger partial charge is 0.491 e. The highest BCUT2D eigenvalue weighted by Gasteiger charge is 2.31. The molecular weight excluding hydrogens is 320 g/mol. The first kappa shape index (κ1) is 17.6. The van der Waals surface area contributed by atoms with Crippen molar-refractivity contribution in [3.8, 4) is 5.75 Å². The highest BCUT2D eigenvalue weighted by atomic mass is 35.5. The molecule has 7 heteroatoms.